The van der Waals surface area contributed by atoms with Gasteiger partial charge in [-0.15, -0.1) is 0 Å². The molecule has 30 heavy (non-hydrogen) atoms. The normalized spacial score (nSPS) is 15.9. The number of carbonyl (C=O) groups is 1. The van der Waals surface area contributed by atoms with E-state index in [-0.39, 0.29) is 11.9 Å². The Morgan fingerprint density at radius 2 is 1.90 bits per heavy atom. The molecule has 3 aromatic rings. The van der Waals surface area contributed by atoms with Crippen molar-refractivity contribution >= 4 is 28.5 Å². The third kappa shape index (κ3) is 4.51. The lowest BCUT2D eigenvalue weighted by Gasteiger charge is -2.30. The fourth-order valence-corrected chi connectivity index (χ4v) is 4.14. The number of carbonyl (C=O) groups excluding carboxylic acids is 1. The number of morpholine rings is 1. The number of hydrogen-bond donors (Lipinski definition) is 1. The van der Waals surface area contributed by atoms with Crippen molar-refractivity contribution in [2.24, 2.45) is 0 Å². The Morgan fingerprint density at radius 1 is 1.17 bits per heavy atom. The van der Waals surface area contributed by atoms with Crippen LogP contribution in [0.3, 0.4) is 0 Å². The summed E-state index contributed by atoms with van der Waals surface area (Å²) in [6, 6.07) is 15.4. The highest BCUT2D eigenvalue weighted by molar-refractivity contribution is 6.31. The maximum atomic E-state index is 13.3. The average molecular weight is 427 g/mol. The van der Waals surface area contributed by atoms with Crippen LogP contribution in [-0.4, -0.2) is 46.8 Å². The molecule has 2 heterocycles. The standard InChI is InChI=1S/C23H27ClN4O2/c1-2-7-21(23(29)26-27-12-14-30-15-13-27)28-20-11-6-5-10-19(20)25-22(28)16-17-8-3-4-9-18(17)24/h3-6,8-11,21H,2,7,12-16H2,1H3,(H,26,29). The van der Waals surface area contributed by atoms with E-state index < -0.39 is 0 Å². The number of benzene rings is 2. The molecule has 2 aromatic carbocycles. The molecule has 1 atom stereocenters. The number of amides is 1. The molecule has 1 amide bonds. The number of halogens is 1. The molecule has 1 unspecified atom stereocenters. The van der Waals surface area contributed by atoms with Gasteiger partial charge in [-0.05, 0) is 30.2 Å². The molecule has 0 radical (unpaired) electrons. The summed E-state index contributed by atoms with van der Waals surface area (Å²) in [7, 11) is 0. The van der Waals surface area contributed by atoms with E-state index in [1.807, 2.05) is 53.5 Å². The van der Waals surface area contributed by atoms with Gasteiger partial charge in [0, 0.05) is 24.5 Å². The first-order valence-corrected chi connectivity index (χ1v) is 10.9. The molecule has 4 rings (SSSR count). The second-order valence-corrected chi connectivity index (χ2v) is 7.94. The third-order valence-corrected chi connectivity index (χ3v) is 5.80. The first-order valence-electron chi connectivity index (χ1n) is 10.5. The van der Waals surface area contributed by atoms with Crippen LogP contribution in [0.2, 0.25) is 5.02 Å². The summed E-state index contributed by atoms with van der Waals surface area (Å²) >= 11 is 6.42. The number of rotatable bonds is 7. The number of aromatic nitrogens is 2. The van der Waals surface area contributed by atoms with E-state index in [9.17, 15) is 4.79 Å². The van der Waals surface area contributed by atoms with E-state index in [0.717, 1.165) is 35.3 Å². The monoisotopic (exact) mass is 426 g/mol. The summed E-state index contributed by atoms with van der Waals surface area (Å²) in [5, 5.41) is 2.65. The Labute approximate surface area is 181 Å². The highest BCUT2D eigenvalue weighted by Gasteiger charge is 2.27. The fraction of sp³-hybridized carbons (Fsp3) is 0.391. The van der Waals surface area contributed by atoms with Gasteiger partial charge in [-0.2, -0.15) is 0 Å². The van der Waals surface area contributed by atoms with E-state index in [1.165, 1.54) is 0 Å². The number of hydrazine groups is 1. The van der Waals surface area contributed by atoms with Crippen LogP contribution in [0.15, 0.2) is 48.5 Å². The largest absolute Gasteiger partial charge is 0.379 e. The van der Waals surface area contributed by atoms with Gasteiger partial charge >= 0.3 is 0 Å². The minimum atomic E-state index is -0.345. The molecule has 0 spiro atoms. The van der Waals surface area contributed by atoms with Crippen molar-refractivity contribution in [3.8, 4) is 0 Å². The molecule has 6 nitrogen and oxygen atoms in total. The Hall–Kier alpha value is -2.41. The van der Waals surface area contributed by atoms with E-state index in [0.29, 0.717) is 37.7 Å². The van der Waals surface area contributed by atoms with Gasteiger partial charge in [-0.3, -0.25) is 10.2 Å². The zero-order chi connectivity index (χ0) is 20.9. The predicted molar refractivity (Wildman–Crippen MR) is 118 cm³/mol. The van der Waals surface area contributed by atoms with Crippen LogP contribution < -0.4 is 5.43 Å². The topological polar surface area (TPSA) is 59.4 Å². The second-order valence-electron chi connectivity index (χ2n) is 7.53. The zero-order valence-electron chi connectivity index (χ0n) is 17.2. The lowest BCUT2D eigenvalue weighted by Crippen LogP contribution is -2.50. The van der Waals surface area contributed by atoms with Crippen LogP contribution in [0.5, 0.6) is 0 Å². The van der Waals surface area contributed by atoms with Crippen LogP contribution in [0.4, 0.5) is 0 Å². The number of imidazole rings is 1. The van der Waals surface area contributed by atoms with Crippen molar-refractivity contribution < 1.29 is 9.53 Å². The fourth-order valence-electron chi connectivity index (χ4n) is 3.94. The highest BCUT2D eigenvalue weighted by atomic mass is 35.5. The number of nitrogens with one attached hydrogen (secondary N) is 1. The maximum absolute atomic E-state index is 13.3. The number of ether oxygens (including phenoxy) is 1. The molecule has 1 fully saturated rings. The van der Waals surface area contributed by atoms with Crippen molar-refractivity contribution in [3.05, 3.63) is 64.9 Å². The number of nitrogens with zero attached hydrogens (tertiary/aromatic N) is 3. The van der Waals surface area contributed by atoms with Crippen molar-refractivity contribution in [3.63, 3.8) is 0 Å². The maximum Gasteiger partial charge on any atom is 0.257 e. The van der Waals surface area contributed by atoms with Crippen molar-refractivity contribution in [1.29, 1.82) is 0 Å². The Balaban J connectivity index is 1.71. The molecule has 158 valence electrons. The molecule has 7 heteroatoms. The second kappa shape index (κ2) is 9.60. The highest BCUT2D eigenvalue weighted by Crippen LogP contribution is 2.28. The smallest absolute Gasteiger partial charge is 0.257 e. The van der Waals surface area contributed by atoms with Gasteiger partial charge in [0.05, 0.1) is 24.2 Å². The minimum Gasteiger partial charge on any atom is -0.379 e. The van der Waals surface area contributed by atoms with Crippen molar-refractivity contribution in [1.82, 2.24) is 20.0 Å². The lowest BCUT2D eigenvalue weighted by atomic mass is 10.1. The molecule has 1 aliphatic rings. The van der Waals surface area contributed by atoms with Crippen LogP contribution in [0.25, 0.3) is 11.0 Å². The molecule has 1 saturated heterocycles. The van der Waals surface area contributed by atoms with Crippen molar-refractivity contribution in [2.45, 2.75) is 32.2 Å². The van der Waals surface area contributed by atoms with Gasteiger partial charge in [0.2, 0.25) is 0 Å². The first kappa shape index (κ1) is 20.8. The van der Waals surface area contributed by atoms with E-state index in [4.69, 9.17) is 21.3 Å². The third-order valence-electron chi connectivity index (χ3n) is 5.43. The summed E-state index contributed by atoms with van der Waals surface area (Å²) in [6.45, 7) is 4.75. The zero-order valence-corrected chi connectivity index (χ0v) is 17.9. The molecule has 0 bridgehead atoms. The van der Waals surface area contributed by atoms with Crippen LogP contribution >= 0.6 is 11.6 Å². The molecule has 0 aliphatic carbocycles. The van der Waals surface area contributed by atoms with Gasteiger partial charge in [0.1, 0.15) is 11.9 Å². The van der Waals surface area contributed by atoms with Crippen LogP contribution in [0, 0.1) is 0 Å². The van der Waals surface area contributed by atoms with E-state index >= 15 is 0 Å². The van der Waals surface area contributed by atoms with Gasteiger partial charge < -0.3 is 9.30 Å². The number of hydrogen-bond acceptors (Lipinski definition) is 4. The number of fused-ring (bicyclic) bond motifs is 1. The summed E-state index contributed by atoms with van der Waals surface area (Å²) in [5.41, 5.74) is 5.95. The molecule has 1 aliphatic heterocycles. The summed E-state index contributed by atoms with van der Waals surface area (Å²) in [6.07, 6.45) is 2.19. The van der Waals surface area contributed by atoms with Crippen LogP contribution in [0.1, 0.15) is 37.2 Å². The minimum absolute atomic E-state index is 0.0117. The quantitative estimate of drug-likeness (QED) is 0.620. The average Bonchev–Trinajstić information content (AvgIpc) is 3.12. The lowest BCUT2D eigenvalue weighted by molar-refractivity contribution is -0.131. The van der Waals surface area contributed by atoms with Gasteiger partial charge in [-0.25, -0.2) is 9.99 Å². The van der Waals surface area contributed by atoms with Gasteiger partial charge in [0.15, 0.2) is 0 Å². The first-order chi connectivity index (χ1) is 14.7. The molecular weight excluding hydrogens is 400 g/mol. The SMILES string of the molecule is CCCC(C(=O)NN1CCOCC1)n1c(Cc2ccccc2Cl)nc2ccccc21. The molecule has 1 N–H and O–H groups in total. The van der Waals surface area contributed by atoms with Crippen molar-refractivity contribution in [2.75, 3.05) is 26.3 Å². The summed E-state index contributed by atoms with van der Waals surface area (Å²) < 4.78 is 7.49. The van der Waals surface area contributed by atoms with E-state index in [2.05, 4.69) is 16.9 Å². The van der Waals surface area contributed by atoms with Gasteiger partial charge in [-0.1, -0.05) is 55.3 Å². The Morgan fingerprint density at radius 3 is 2.67 bits per heavy atom. The molecule has 1 aromatic heterocycles. The predicted octanol–water partition coefficient (Wildman–Crippen LogP) is 3.99. The Kier molecular flexibility index (Phi) is 6.67. The molecular formula is C23H27ClN4O2. The molecule has 0 saturated carbocycles. The summed E-state index contributed by atoms with van der Waals surface area (Å²) in [4.78, 5) is 18.2. The number of para-hydroxylation sites is 2. The van der Waals surface area contributed by atoms with Gasteiger partial charge in [0.25, 0.3) is 5.91 Å². The van der Waals surface area contributed by atoms with E-state index in [1.54, 1.807) is 0 Å². The Bertz CT molecular complexity index is 1010. The summed E-state index contributed by atoms with van der Waals surface area (Å²) in [5.74, 6) is 0.835. The van der Waals surface area contributed by atoms with Crippen LogP contribution in [-0.2, 0) is 16.0 Å².